The van der Waals surface area contributed by atoms with Gasteiger partial charge in [0.2, 0.25) is 5.91 Å². The van der Waals surface area contributed by atoms with Gasteiger partial charge < -0.3 is 11.1 Å². The van der Waals surface area contributed by atoms with Crippen LogP contribution >= 0.6 is 24.8 Å². The first-order chi connectivity index (χ1) is 3.77. The molecule has 0 spiro atoms. The van der Waals surface area contributed by atoms with Crippen LogP contribution in [0.1, 0.15) is 0 Å². The van der Waals surface area contributed by atoms with Gasteiger partial charge in [0.25, 0.3) is 0 Å². The minimum Gasteiger partial charge on any atom is -0.369 e. The molecule has 0 bridgehead atoms. The third kappa shape index (κ3) is 15.7. The Labute approximate surface area is 71.4 Å². The van der Waals surface area contributed by atoms with Crippen molar-refractivity contribution in [2.45, 2.75) is 0 Å². The molecule has 0 aliphatic heterocycles. The van der Waals surface area contributed by atoms with Gasteiger partial charge in [-0.15, -0.1) is 24.8 Å². The molecule has 10 heavy (non-hydrogen) atoms. The minimum absolute atomic E-state index is 0. The molecule has 0 rings (SSSR count). The van der Waals surface area contributed by atoms with Crippen LogP contribution in [-0.2, 0) is 4.79 Å². The third-order valence-corrected chi connectivity index (χ3v) is 0.570. The molecule has 0 atom stereocenters. The van der Waals surface area contributed by atoms with Gasteiger partial charge in [-0.2, -0.15) is 0 Å². The molecule has 0 fully saturated rings. The van der Waals surface area contributed by atoms with Crippen LogP contribution in [-0.4, -0.2) is 25.7 Å². The van der Waals surface area contributed by atoms with Gasteiger partial charge in [0.15, 0.2) is 0 Å². The van der Waals surface area contributed by atoms with Crippen molar-refractivity contribution in [3.63, 3.8) is 0 Å². The number of halogens is 3. The number of amides is 1. The van der Waals surface area contributed by atoms with Gasteiger partial charge in [0, 0.05) is 6.54 Å². The largest absolute Gasteiger partial charge is 0.369 e. The Morgan fingerprint density at radius 1 is 1.50 bits per heavy atom. The molecule has 0 unspecified atom stereocenters. The summed E-state index contributed by atoms with van der Waals surface area (Å²) >= 11 is 0. The smallest absolute Gasteiger partial charge is 0.231 e. The second-order valence-corrected chi connectivity index (χ2v) is 1.33. The van der Waals surface area contributed by atoms with E-state index in [4.69, 9.17) is 5.73 Å². The first-order valence-electron chi connectivity index (χ1n) is 2.32. The Morgan fingerprint density at radius 3 is 2.30 bits per heavy atom. The molecule has 0 aromatic carbocycles. The summed E-state index contributed by atoms with van der Waals surface area (Å²) in [5.74, 6) is -0.460. The van der Waals surface area contributed by atoms with E-state index in [-0.39, 0.29) is 37.9 Å². The highest BCUT2D eigenvalue weighted by Crippen LogP contribution is 1.61. The summed E-state index contributed by atoms with van der Waals surface area (Å²) < 4.78 is 11.2. The van der Waals surface area contributed by atoms with E-state index in [1.165, 1.54) is 0 Å². The van der Waals surface area contributed by atoms with Crippen LogP contribution in [0.15, 0.2) is 0 Å². The molecule has 0 aliphatic carbocycles. The Balaban J connectivity index is -0.000000245. The highest BCUT2D eigenvalue weighted by Gasteiger charge is 1.89. The highest BCUT2D eigenvalue weighted by atomic mass is 35.5. The first-order valence-corrected chi connectivity index (χ1v) is 2.32. The van der Waals surface area contributed by atoms with Crippen LogP contribution in [0.5, 0.6) is 0 Å². The van der Waals surface area contributed by atoms with E-state index >= 15 is 0 Å². The van der Waals surface area contributed by atoms with E-state index in [9.17, 15) is 9.18 Å². The second kappa shape index (κ2) is 11.7. The predicted molar refractivity (Wildman–Crippen MR) is 42.5 cm³/mol. The molecule has 64 valence electrons. The summed E-state index contributed by atoms with van der Waals surface area (Å²) in [5.41, 5.74) is 4.71. The van der Waals surface area contributed by atoms with E-state index in [1.807, 2.05) is 0 Å². The van der Waals surface area contributed by atoms with E-state index < -0.39 is 12.6 Å². The monoisotopic (exact) mass is 192 g/mol. The van der Waals surface area contributed by atoms with Crippen molar-refractivity contribution < 1.29 is 9.18 Å². The summed E-state index contributed by atoms with van der Waals surface area (Å²) in [7, 11) is 0. The number of nitrogens with one attached hydrogen (secondary N) is 1. The van der Waals surface area contributed by atoms with Crippen molar-refractivity contribution in [2.75, 3.05) is 19.8 Å². The maximum atomic E-state index is 11.2. The van der Waals surface area contributed by atoms with Crippen LogP contribution in [0.2, 0.25) is 0 Å². The maximum absolute atomic E-state index is 11.2. The molecule has 1 amide bonds. The molecule has 3 N–H and O–H groups in total. The van der Waals surface area contributed by atoms with Crippen LogP contribution in [0, 0.1) is 0 Å². The molecule has 0 heterocycles. The Morgan fingerprint density at radius 2 is 2.00 bits per heavy atom. The van der Waals surface area contributed by atoms with Gasteiger partial charge in [-0.25, -0.2) is 4.39 Å². The molecule has 0 aromatic heterocycles. The summed E-state index contributed by atoms with van der Waals surface area (Å²) in [6, 6.07) is 0. The summed E-state index contributed by atoms with van der Waals surface area (Å²) in [4.78, 5) is 9.91. The number of hydrogen-bond donors (Lipinski definition) is 2. The molecular formula is C4H11Cl2FN2O. The highest BCUT2D eigenvalue weighted by molar-refractivity contribution is 5.85. The van der Waals surface area contributed by atoms with Crippen molar-refractivity contribution in [1.82, 2.24) is 5.32 Å². The van der Waals surface area contributed by atoms with Gasteiger partial charge in [0.05, 0.1) is 6.54 Å². The van der Waals surface area contributed by atoms with Gasteiger partial charge >= 0.3 is 0 Å². The Kier molecular flexibility index (Phi) is 19.3. The summed E-state index contributed by atoms with van der Waals surface area (Å²) in [6.07, 6.45) is 0. The van der Waals surface area contributed by atoms with Gasteiger partial charge in [-0.05, 0) is 0 Å². The van der Waals surface area contributed by atoms with E-state index in [0.717, 1.165) is 0 Å². The van der Waals surface area contributed by atoms with E-state index in [1.54, 1.807) is 0 Å². The quantitative estimate of drug-likeness (QED) is 0.611. The molecule has 0 saturated carbocycles. The molecule has 0 saturated heterocycles. The maximum Gasteiger partial charge on any atom is 0.231 e. The van der Waals surface area contributed by atoms with Crippen LogP contribution in [0.4, 0.5) is 4.39 Å². The molecular weight excluding hydrogens is 182 g/mol. The van der Waals surface area contributed by atoms with Crippen LogP contribution < -0.4 is 11.1 Å². The lowest BCUT2D eigenvalue weighted by atomic mass is 10.6. The van der Waals surface area contributed by atoms with Crippen molar-refractivity contribution >= 4 is 30.7 Å². The number of alkyl halides is 1. The standard InChI is InChI=1S/C4H9FN2O.2ClH/c5-1-2-7-3-4(6)8;;/h7H,1-3H2,(H2,6,8);2*1H. The third-order valence-electron chi connectivity index (χ3n) is 0.570. The lowest BCUT2D eigenvalue weighted by Gasteiger charge is -1.93. The fraction of sp³-hybridized carbons (Fsp3) is 0.750. The van der Waals surface area contributed by atoms with Crippen LogP contribution in [0.3, 0.4) is 0 Å². The number of hydrogen-bond acceptors (Lipinski definition) is 2. The lowest BCUT2D eigenvalue weighted by Crippen LogP contribution is -2.29. The fourth-order valence-electron chi connectivity index (χ4n) is 0.278. The number of carbonyl (C=O) groups excluding carboxylic acids is 1. The van der Waals surface area contributed by atoms with Crippen molar-refractivity contribution in [3.05, 3.63) is 0 Å². The normalized spacial score (nSPS) is 7.30. The van der Waals surface area contributed by atoms with E-state index in [0.29, 0.717) is 0 Å². The first kappa shape index (κ1) is 16.5. The SMILES string of the molecule is Cl.Cl.NC(=O)CNCCF. The molecule has 0 radical (unpaired) electrons. The van der Waals surface area contributed by atoms with Gasteiger partial charge in [0.1, 0.15) is 6.67 Å². The summed E-state index contributed by atoms with van der Waals surface area (Å²) in [6.45, 7) is -0.208. The minimum atomic E-state index is -0.465. The summed E-state index contributed by atoms with van der Waals surface area (Å²) in [5, 5.41) is 2.48. The van der Waals surface area contributed by atoms with Gasteiger partial charge in [-0.1, -0.05) is 0 Å². The zero-order valence-electron chi connectivity index (χ0n) is 5.30. The average molecular weight is 193 g/mol. The van der Waals surface area contributed by atoms with Gasteiger partial charge in [-0.3, -0.25) is 4.79 Å². The predicted octanol–water partition coefficient (Wildman–Crippen LogP) is -0.126. The molecule has 0 aliphatic rings. The Bertz CT molecular complexity index is 83.7. The van der Waals surface area contributed by atoms with Crippen molar-refractivity contribution in [3.8, 4) is 0 Å². The molecule has 0 aromatic rings. The zero-order valence-corrected chi connectivity index (χ0v) is 6.93. The van der Waals surface area contributed by atoms with E-state index in [2.05, 4.69) is 5.32 Å². The fourth-order valence-corrected chi connectivity index (χ4v) is 0.278. The second-order valence-electron chi connectivity index (χ2n) is 1.33. The van der Waals surface area contributed by atoms with Crippen molar-refractivity contribution in [1.29, 1.82) is 0 Å². The Hall–Kier alpha value is -0.0600. The number of carbonyl (C=O) groups is 1. The molecule has 3 nitrogen and oxygen atoms in total. The average Bonchev–Trinajstić information content (AvgIpc) is 1.66. The topological polar surface area (TPSA) is 55.1 Å². The number of primary amides is 1. The molecule has 6 heteroatoms. The zero-order chi connectivity index (χ0) is 6.41. The number of nitrogens with two attached hydrogens (primary N) is 1. The lowest BCUT2D eigenvalue weighted by molar-refractivity contribution is -0.117. The number of rotatable bonds is 4. The van der Waals surface area contributed by atoms with Crippen molar-refractivity contribution in [2.24, 2.45) is 5.73 Å². The van der Waals surface area contributed by atoms with Crippen LogP contribution in [0.25, 0.3) is 0 Å².